The standard InChI is InChI=1S/C20H20F3N3O4S/c21-20(22,23)30-16-9-5-14(6-10-16)19(27)25-15-7-11-17(12-8-15)31(28,29)26-18-4-2-1-3-13-24-18/h5-12H,1-4,13H2,(H,24,26)(H,25,27). The first-order valence-corrected chi connectivity index (χ1v) is 10.9. The Hall–Kier alpha value is -3.08. The molecule has 166 valence electrons. The highest BCUT2D eigenvalue weighted by Crippen LogP contribution is 2.23. The second-order valence-electron chi connectivity index (χ2n) is 6.80. The molecular formula is C20H20F3N3O4S. The number of alkyl halides is 3. The minimum Gasteiger partial charge on any atom is -0.406 e. The summed E-state index contributed by atoms with van der Waals surface area (Å²) in [5.74, 6) is -0.572. The molecule has 0 spiro atoms. The molecule has 0 unspecified atom stereocenters. The topological polar surface area (TPSA) is 96.9 Å². The molecule has 0 aromatic heterocycles. The fraction of sp³-hybridized carbons (Fsp3) is 0.300. The van der Waals surface area contributed by atoms with Gasteiger partial charge in [-0.05, 0) is 61.4 Å². The van der Waals surface area contributed by atoms with E-state index < -0.39 is 28.0 Å². The van der Waals surface area contributed by atoms with E-state index in [0.29, 0.717) is 24.5 Å². The van der Waals surface area contributed by atoms with Crippen molar-refractivity contribution in [1.82, 2.24) is 4.72 Å². The van der Waals surface area contributed by atoms with Crippen molar-refractivity contribution < 1.29 is 31.1 Å². The molecule has 0 saturated carbocycles. The molecule has 1 heterocycles. The Morgan fingerprint density at radius 2 is 1.65 bits per heavy atom. The summed E-state index contributed by atoms with van der Waals surface area (Å²) in [6.45, 7) is 0.589. The van der Waals surface area contributed by atoms with Gasteiger partial charge in [0, 0.05) is 24.2 Å². The number of rotatable bonds is 5. The minimum atomic E-state index is -4.82. The molecule has 2 aromatic rings. The van der Waals surface area contributed by atoms with Crippen molar-refractivity contribution in [1.29, 1.82) is 0 Å². The SMILES string of the molecule is O=C(Nc1ccc(S(=O)(=O)NC2=NCCCCC2)cc1)c1ccc(OC(F)(F)F)cc1. The number of ether oxygens (including phenoxy) is 1. The molecule has 0 atom stereocenters. The van der Waals surface area contributed by atoms with Crippen LogP contribution in [0.25, 0.3) is 0 Å². The number of hydrogen-bond acceptors (Lipinski definition) is 5. The van der Waals surface area contributed by atoms with Crippen molar-refractivity contribution in [2.45, 2.75) is 36.9 Å². The third-order valence-corrected chi connectivity index (χ3v) is 5.80. The highest BCUT2D eigenvalue weighted by atomic mass is 32.2. The molecule has 1 amide bonds. The smallest absolute Gasteiger partial charge is 0.406 e. The number of sulfonamides is 1. The molecule has 0 radical (unpaired) electrons. The first kappa shape index (κ1) is 22.6. The second-order valence-corrected chi connectivity index (χ2v) is 8.48. The average Bonchev–Trinajstić information content (AvgIpc) is 2.96. The molecule has 0 saturated heterocycles. The van der Waals surface area contributed by atoms with Crippen LogP contribution in [0.15, 0.2) is 58.4 Å². The summed E-state index contributed by atoms with van der Waals surface area (Å²) < 4.78 is 67.9. The number of nitrogens with zero attached hydrogens (tertiary/aromatic N) is 1. The Balaban J connectivity index is 1.63. The molecule has 0 aliphatic carbocycles. The molecule has 31 heavy (non-hydrogen) atoms. The Kier molecular flexibility index (Phi) is 6.84. The summed E-state index contributed by atoms with van der Waals surface area (Å²) in [4.78, 5) is 16.5. The Labute approximate surface area is 177 Å². The van der Waals surface area contributed by atoms with Crippen molar-refractivity contribution in [2.24, 2.45) is 4.99 Å². The zero-order valence-electron chi connectivity index (χ0n) is 16.3. The molecule has 11 heteroatoms. The lowest BCUT2D eigenvalue weighted by atomic mass is 10.2. The van der Waals surface area contributed by atoms with Crippen molar-refractivity contribution in [3.63, 3.8) is 0 Å². The quantitative estimate of drug-likeness (QED) is 0.710. The van der Waals surface area contributed by atoms with Crippen LogP contribution in [0.4, 0.5) is 18.9 Å². The van der Waals surface area contributed by atoms with E-state index in [1.807, 2.05) is 0 Å². The zero-order valence-corrected chi connectivity index (χ0v) is 17.1. The van der Waals surface area contributed by atoms with Crippen LogP contribution < -0.4 is 14.8 Å². The van der Waals surface area contributed by atoms with E-state index in [2.05, 4.69) is 19.8 Å². The molecule has 2 aromatic carbocycles. The zero-order chi connectivity index (χ0) is 22.5. The predicted octanol–water partition coefficient (Wildman–Crippen LogP) is 4.09. The van der Waals surface area contributed by atoms with E-state index in [0.717, 1.165) is 31.4 Å². The van der Waals surface area contributed by atoms with E-state index in [4.69, 9.17) is 0 Å². The highest BCUT2D eigenvalue weighted by molar-refractivity contribution is 7.90. The van der Waals surface area contributed by atoms with Crippen molar-refractivity contribution in [2.75, 3.05) is 11.9 Å². The fourth-order valence-corrected chi connectivity index (χ4v) is 3.99. The largest absolute Gasteiger partial charge is 0.573 e. The summed E-state index contributed by atoms with van der Waals surface area (Å²) >= 11 is 0. The van der Waals surface area contributed by atoms with Gasteiger partial charge < -0.3 is 10.1 Å². The number of halogens is 3. The molecule has 3 rings (SSSR count). The summed E-state index contributed by atoms with van der Waals surface area (Å²) in [7, 11) is -3.79. The summed E-state index contributed by atoms with van der Waals surface area (Å²) in [5, 5.41) is 2.55. The van der Waals surface area contributed by atoms with Gasteiger partial charge in [-0.3, -0.25) is 14.5 Å². The molecule has 2 N–H and O–H groups in total. The van der Waals surface area contributed by atoms with Crippen LogP contribution in [0.3, 0.4) is 0 Å². The Bertz CT molecular complexity index is 1050. The van der Waals surface area contributed by atoms with Crippen LogP contribution in [-0.2, 0) is 10.0 Å². The number of amides is 1. The van der Waals surface area contributed by atoms with Crippen LogP contribution in [0.1, 0.15) is 36.0 Å². The van der Waals surface area contributed by atoms with E-state index in [1.165, 1.54) is 36.4 Å². The van der Waals surface area contributed by atoms with Crippen molar-refractivity contribution >= 4 is 27.5 Å². The number of carbonyl (C=O) groups excluding carboxylic acids is 1. The lowest BCUT2D eigenvalue weighted by Crippen LogP contribution is -2.30. The van der Waals surface area contributed by atoms with Gasteiger partial charge in [-0.1, -0.05) is 6.42 Å². The first-order chi connectivity index (χ1) is 14.6. The van der Waals surface area contributed by atoms with Gasteiger partial charge in [0.15, 0.2) is 0 Å². The highest BCUT2D eigenvalue weighted by Gasteiger charge is 2.31. The van der Waals surface area contributed by atoms with Crippen LogP contribution in [0, 0.1) is 0 Å². The first-order valence-electron chi connectivity index (χ1n) is 9.46. The number of carbonyl (C=O) groups is 1. The molecule has 1 aliphatic heterocycles. The molecule has 0 bridgehead atoms. The van der Waals surface area contributed by atoms with Crippen molar-refractivity contribution in [3.05, 3.63) is 54.1 Å². The third kappa shape index (κ3) is 6.71. The third-order valence-electron chi connectivity index (χ3n) is 4.40. The van der Waals surface area contributed by atoms with Gasteiger partial charge in [0.05, 0.1) is 4.90 Å². The van der Waals surface area contributed by atoms with Gasteiger partial charge >= 0.3 is 6.36 Å². The summed E-state index contributed by atoms with van der Waals surface area (Å²) in [6.07, 6.45) is -1.45. The Morgan fingerprint density at radius 1 is 0.968 bits per heavy atom. The number of hydrogen-bond donors (Lipinski definition) is 2. The number of benzene rings is 2. The van der Waals surface area contributed by atoms with E-state index in [9.17, 15) is 26.4 Å². The fourth-order valence-electron chi connectivity index (χ4n) is 2.90. The molecule has 7 nitrogen and oxygen atoms in total. The van der Waals surface area contributed by atoms with Crippen LogP contribution in [0.5, 0.6) is 5.75 Å². The number of nitrogens with one attached hydrogen (secondary N) is 2. The van der Waals surface area contributed by atoms with E-state index in [1.54, 1.807) is 0 Å². The van der Waals surface area contributed by atoms with Gasteiger partial charge in [0.25, 0.3) is 15.9 Å². The maximum absolute atomic E-state index is 12.5. The molecule has 0 fully saturated rings. The minimum absolute atomic E-state index is 0.0195. The number of amidine groups is 1. The van der Waals surface area contributed by atoms with Gasteiger partial charge in [-0.2, -0.15) is 0 Å². The van der Waals surface area contributed by atoms with Crippen LogP contribution in [-0.4, -0.2) is 33.1 Å². The van der Waals surface area contributed by atoms with Crippen molar-refractivity contribution in [3.8, 4) is 5.75 Å². The van der Waals surface area contributed by atoms with Gasteiger partial charge in [-0.15, -0.1) is 13.2 Å². The maximum atomic E-state index is 12.5. The lowest BCUT2D eigenvalue weighted by Gasteiger charge is -2.11. The van der Waals surface area contributed by atoms with E-state index in [-0.39, 0.29) is 10.5 Å². The number of aliphatic imine (C=N–C) groups is 1. The van der Waals surface area contributed by atoms with Crippen LogP contribution >= 0.6 is 0 Å². The van der Waals surface area contributed by atoms with Gasteiger partial charge in [0.1, 0.15) is 11.6 Å². The summed E-state index contributed by atoms with van der Waals surface area (Å²) in [6, 6.07) is 9.95. The predicted molar refractivity (Wildman–Crippen MR) is 109 cm³/mol. The average molecular weight is 455 g/mol. The maximum Gasteiger partial charge on any atom is 0.573 e. The normalized spacial score (nSPS) is 14.9. The van der Waals surface area contributed by atoms with Crippen LogP contribution in [0.2, 0.25) is 0 Å². The van der Waals surface area contributed by atoms with Gasteiger partial charge in [-0.25, -0.2) is 8.42 Å². The molecular weight excluding hydrogens is 435 g/mol. The lowest BCUT2D eigenvalue weighted by molar-refractivity contribution is -0.274. The summed E-state index contributed by atoms with van der Waals surface area (Å²) in [5.41, 5.74) is 0.436. The van der Waals surface area contributed by atoms with Gasteiger partial charge in [0.2, 0.25) is 0 Å². The number of anilines is 1. The monoisotopic (exact) mass is 455 g/mol. The van der Waals surface area contributed by atoms with E-state index >= 15 is 0 Å². The Morgan fingerprint density at radius 3 is 2.29 bits per heavy atom. The second kappa shape index (κ2) is 9.38. The molecule has 1 aliphatic rings.